The van der Waals surface area contributed by atoms with Gasteiger partial charge in [-0.25, -0.2) is 4.98 Å². The minimum absolute atomic E-state index is 0.582. The average Bonchev–Trinajstić information content (AvgIpc) is 2.57. The van der Waals surface area contributed by atoms with Gasteiger partial charge in [-0.3, -0.25) is 0 Å². The lowest BCUT2D eigenvalue weighted by Gasteiger charge is -2.19. The number of pyridine rings is 1. The lowest BCUT2D eigenvalue weighted by atomic mass is 10.2. The summed E-state index contributed by atoms with van der Waals surface area (Å²) < 4.78 is 0. The first kappa shape index (κ1) is 11.9. The molecule has 2 rings (SSSR count). The van der Waals surface area contributed by atoms with Gasteiger partial charge in [-0.05, 0) is 44.0 Å². The second-order valence-electron chi connectivity index (χ2n) is 4.50. The molecule has 0 aromatic carbocycles. The SMILES string of the molecule is Clc1ccc(CCN2CCCCCC2)cn1. The first-order valence-corrected chi connectivity index (χ1v) is 6.55. The molecule has 88 valence electrons. The van der Waals surface area contributed by atoms with E-state index >= 15 is 0 Å². The Bertz CT molecular complexity index is 302. The van der Waals surface area contributed by atoms with Crippen LogP contribution < -0.4 is 0 Å². The number of likely N-dealkylation sites (tertiary alicyclic amines) is 1. The van der Waals surface area contributed by atoms with Crippen LogP contribution in [0.2, 0.25) is 5.15 Å². The Balaban J connectivity index is 1.79. The van der Waals surface area contributed by atoms with Gasteiger partial charge in [0.1, 0.15) is 5.15 Å². The molecule has 0 spiro atoms. The molecule has 1 fully saturated rings. The molecule has 16 heavy (non-hydrogen) atoms. The number of halogens is 1. The lowest BCUT2D eigenvalue weighted by Crippen LogP contribution is -2.26. The van der Waals surface area contributed by atoms with Crippen molar-refractivity contribution in [2.24, 2.45) is 0 Å². The van der Waals surface area contributed by atoms with E-state index in [-0.39, 0.29) is 0 Å². The van der Waals surface area contributed by atoms with E-state index in [1.165, 1.54) is 44.3 Å². The van der Waals surface area contributed by atoms with Gasteiger partial charge in [0.15, 0.2) is 0 Å². The van der Waals surface area contributed by atoms with Gasteiger partial charge in [0, 0.05) is 12.7 Å². The highest BCUT2D eigenvalue weighted by Gasteiger charge is 2.08. The van der Waals surface area contributed by atoms with Crippen molar-refractivity contribution in [3.8, 4) is 0 Å². The molecule has 1 aliphatic heterocycles. The minimum atomic E-state index is 0.582. The van der Waals surface area contributed by atoms with Crippen LogP contribution in [0.4, 0.5) is 0 Å². The average molecular weight is 239 g/mol. The fraction of sp³-hybridized carbons (Fsp3) is 0.615. The molecule has 0 aliphatic carbocycles. The topological polar surface area (TPSA) is 16.1 Å². The van der Waals surface area contributed by atoms with E-state index in [0.717, 1.165) is 13.0 Å². The number of nitrogens with zero attached hydrogens (tertiary/aromatic N) is 2. The zero-order chi connectivity index (χ0) is 11.2. The van der Waals surface area contributed by atoms with E-state index in [2.05, 4.69) is 16.0 Å². The first-order valence-electron chi connectivity index (χ1n) is 6.17. The van der Waals surface area contributed by atoms with Crippen molar-refractivity contribution in [2.45, 2.75) is 32.1 Å². The number of aromatic nitrogens is 1. The van der Waals surface area contributed by atoms with Gasteiger partial charge in [0.25, 0.3) is 0 Å². The summed E-state index contributed by atoms with van der Waals surface area (Å²) in [4.78, 5) is 6.68. The summed E-state index contributed by atoms with van der Waals surface area (Å²) in [6, 6.07) is 3.95. The third-order valence-corrected chi connectivity index (χ3v) is 3.43. The predicted octanol–water partition coefficient (Wildman–Crippen LogP) is 3.15. The van der Waals surface area contributed by atoms with Crippen LogP contribution in [0.3, 0.4) is 0 Å². The molecule has 0 N–H and O–H groups in total. The molecule has 3 heteroatoms. The van der Waals surface area contributed by atoms with Gasteiger partial charge in [-0.2, -0.15) is 0 Å². The number of hydrogen-bond donors (Lipinski definition) is 0. The van der Waals surface area contributed by atoms with E-state index in [9.17, 15) is 0 Å². The third kappa shape index (κ3) is 3.76. The summed E-state index contributed by atoms with van der Waals surface area (Å²) in [7, 11) is 0. The van der Waals surface area contributed by atoms with Crippen LogP contribution in [-0.4, -0.2) is 29.5 Å². The van der Waals surface area contributed by atoms with Crippen LogP contribution in [-0.2, 0) is 6.42 Å². The van der Waals surface area contributed by atoms with Crippen LogP contribution in [0.15, 0.2) is 18.3 Å². The summed E-state index contributed by atoms with van der Waals surface area (Å²) in [6.45, 7) is 3.69. The molecule has 0 atom stereocenters. The highest BCUT2D eigenvalue weighted by atomic mass is 35.5. The quantitative estimate of drug-likeness (QED) is 0.753. The van der Waals surface area contributed by atoms with Crippen molar-refractivity contribution in [3.05, 3.63) is 29.0 Å². The van der Waals surface area contributed by atoms with Gasteiger partial charge in [-0.1, -0.05) is 30.5 Å². The molecule has 0 unspecified atom stereocenters. The van der Waals surface area contributed by atoms with Crippen LogP contribution in [0.1, 0.15) is 31.2 Å². The van der Waals surface area contributed by atoms with E-state index in [4.69, 9.17) is 11.6 Å². The second kappa shape index (κ2) is 6.21. The zero-order valence-corrected chi connectivity index (χ0v) is 10.4. The predicted molar refractivity (Wildman–Crippen MR) is 67.9 cm³/mol. The first-order chi connectivity index (χ1) is 7.84. The summed E-state index contributed by atoms with van der Waals surface area (Å²) in [5.74, 6) is 0. The third-order valence-electron chi connectivity index (χ3n) is 3.20. The van der Waals surface area contributed by atoms with Crippen molar-refractivity contribution in [2.75, 3.05) is 19.6 Å². The van der Waals surface area contributed by atoms with Crippen molar-refractivity contribution in [1.82, 2.24) is 9.88 Å². The number of hydrogen-bond acceptors (Lipinski definition) is 2. The monoisotopic (exact) mass is 238 g/mol. The highest BCUT2D eigenvalue weighted by molar-refractivity contribution is 6.29. The summed E-state index contributed by atoms with van der Waals surface area (Å²) in [5, 5.41) is 0.582. The van der Waals surface area contributed by atoms with E-state index < -0.39 is 0 Å². The van der Waals surface area contributed by atoms with Gasteiger partial charge >= 0.3 is 0 Å². The van der Waals surface area contributed by atoms with Crippen LogP contribution in [0.25, 0.3) is 0 Å². The molecular formula is C13H19ClN2. The molecular weight excluding hydrogens is 220 g/mol. The van der Waals surface area contributed by atoms with Crippen molar-refractivity contribution >= 4 is 11.6 Å². The normalized spacial score (nSPS) is 18.3. The maximum atomic E-state index is 5.76. The molecule has 1 saturated heterocycles. The zero-order valence-electron chi connectivity index (χ0n) is 9.66. The highest BCUT2D eigenvalue weighted by Crippen LogP contribution is 2.11. The van der Waals surface area contributed by atoms with E-state index in [0.29, 0.717) is 5.15 Å². The standard InChI is InChI=1S/C13H19ClN2/c14-13-6-5-12(11-15-13)7-10-16-8-3-1-2-4-9-16/h5-6,11H,1-4,7-10H2. The largest absolute Gasteiger partial charge is 0.303 e. The smallest absolute Gasteiger partial charge is 0.129 e. The molecule has 0 amide bonds. The van der Waals surface area contributed by atoms with Crippen molar-refractivity contribution < 1.29 is 0 Å². The lowest BCUT2D eigenvalue weighted by molar-refractivity contribution is 0.289. The van der Waals surface area contributed by atoms with E-state index in [1.54, 1.807) is 0 Å². The van der Waals surface area contributed by atoms with Gasteiger partial charge in [0.2, 0.25) is 0 Å². The number of rotatable bonds is 3. The van der Waals surface area contributed by atoms with Crippen molar-refractivity contribution in [1.29, 1.82) is 0 Å². The second-order valence-corrected chi connectivity index (χ2v) is 4.88. The fourth-order valence-corrected chi connectivity index (χ4v) is 2.31. The summed E-state index contributed by atoms with van der Waals surface area (Å²) >= 11 is 5.76. The molecule has 0 radical (unpaired) electrons. The maximum absolute atomic E-state index is 5.76. The maximum Gasteiger partial charge on any atom is 0.129 e. The van der Waals surface area contributed by atoms with Gasteiger partial charge in [-0.15, -0.1) is 0 Å². The molecule has 2 heterocycles. The van der Waals surface area contributed by atoms with Crippen LogP contribution in [0.5, 0.6) is 0 Å². The Labute approximate surface area is 103 Å². The summed E-state index contributed by atoms with van der Waals surface area (Å²) in [5.41, 5.74) is 1.29. The Morgan fingerprint density at radius 1 is 1.12 bits per heavy atom. The Kier molecular flexibility index (Phi) is 4.61. The Morgan fingerprint density at radius 2 is 1.88 bits per heavy atom. The van der Waals surface area contributed by atoms with Gasteiger partial charge < -0.3 is 4.90 Å². The Morgan fingerprint density at radius 3 is 2.50 bits per heavy atom. The molecule has 2 nitrogen and oxygen atoms in total. The molecule has 1 aromatic heterocycles. The van der Waals surface area contributed by atoms with Crippen LogP contribution >= 0.6 is 11.6 Å². The molecule has 0 bridgehead atoms. The summed E-state index contributed by atoms with van der Waals surface area (Å²) in [6.07, 6.45) is 8.50. The van der Waals surface area contributed by atoms with Crippen molar-refractivity contribution in [3.63, 3.8) is 0 Å². The molecule has 1 aromatic rings. The Hall–Kier alpha value is -0.600. The minimum Gasteiger partial charge on any atom is -0.303 e. The van der Waals surface area contributed by atoms with E-state index in [1.807, 2.05) is 12.3 Å². The molecule has 0 saturated carbocycles. The van der Waals surface area contributed by atoms with Gasteiger partial charge in [0.05, 0.1) is 0 Å². The fourth-order valence-electron chi connectivity index (χ4n) is 2.20. The van der Waals surface area contributed by atoms with Crippen LogP contribution in [0, 0.1) is 0 Å². The molecule has 1 aliphatic rings.